The Morgan fingerprint density at radius 2 is 2.12 bits per heavy atom. The number of nitrogens with zero attached hydrogens (tertiary/aromatic N) is 1. The number of halogens is 2. The third-order valence-electron chi connectivity index (χ3n) is 4.22. The highest BCUT2D eigenvalue weighted by Gasteiger charge is 2.34. The number of piperidine rings is 1. The van der Waals surface area contributed by atoms with Crippen LogP contribution in [0.2, 0.25) is 0 Å². The molecule has 1 aliphatic heterocycles. The van der Waals surface area contributed by atoms with Crippen LogP contribution in [-0.4, -0.2) is 44.3 Å². The van der Waals surface area contributed by atoms with Crippen LogP contribution in [0, 0.1) is 12.7 Å². The molecule has 2 rings (SSSR count). The smallest absolute Gasteiger partial charge is 0.243 e. The van der Waals surface area contributed by atoms with Crippen LogP contribution in [0.1, 0.15) is 31.2 Å². The lowest BCUT2D eigenvalue weighted by Gasteiger charge is -2.35. The first-order valence-corrected chi connectivity index (χ1v) is 9.55. The second-order valence-corrected chi connectivity index (χ2v) is 7.88. The van der Waals surface area contributed by atoms with Crippen molar-refractivity contribution >= 4 is 28.3 Å². The van der Waals surface area contributed by atoms with Crippen molar-refractivity contribution in [2.75, 3.05) is 19.6 Å². The molecule has 1 heterocycles. The Morgan fingerprint density at radius 3 is 2.80 bits per heavy atom. The highest BCUT2D eigenvalue weighted by atomic mass is 35.5. The van der Waals surface area contributed by atoms with Crippen molar-refractivity contribution < 1.29 is 17.6 Å². The molecule has 1 saturated heterocycles. The Hall–Kier alpha value is -1.22. The molecule has 1 aromatic rings. The molecule has 142 valence electrons. The van der Waals surface area contributed by atoms with Gasteiger partial charge in [0.1, 0.15) is 5.82 Å². The minimum atomic E-state index is -3.81. The van der Waals surface area contributed by atoms with Gasteiger partial charge in [0.05, 0.1) is 4.90 Å². The van der Waals surface area contributed by atoms with E-state index < -0.39 is 15.8 Å². The second-order valence-electron chi connectivity index (χ2n) is 6.02. The van der Waals surface area contributed by atoms with E-state index in [4.69, 9.17) is 5.73 Å². The van der Waals surface area contributed by atoms with E-state index in [0.29, 0.717) is 18.5 Å². The molecule has 6 nitrogen and oxygen atoms in total. The minimum absolute atomic E-state index is 0. The summed E-state index contributed by atoms with van der Waals surface area (Å²) in [6, 6.07) is 3.44. The number of hydrogen-bond acceptors (Lipinski definition) is 4. The van der Waals surface area contributed by atoms with Crippen molar-refractivity contribution in [3.05, 3.63) is 29.6 Å². The number of hydrogen-bond donors (Lipinski definition) is 2. The zero-order chi connectivity index (χ0) is 17.7. The zero-order valence-electron chi connectivity index (χ0n) is 14.2. The number of nitrogens with two attached hydrogens (primary N) is 1. The average Bonchev–Trinajstić information content (AvgIpc) is 2.55. The van der Waals surface area contributed by atoms with Gasteiger partial charge in [-0.05, 0) is 37.5 Å². The minimum Gasteiger partial charge on any atom is -0.354 e. The molecule has 3 N–H and O–H groups in total. The summed E-state index contributed by atoms with van der Waals surface area (Å²) in [4.78, 5) is 11.6. The van der Waals surface area contributed by atoms with E-state index in [-0.39, 0.29) is 48.8 Å². The number of carbonyl (C=O) groups is 1. The van der Waals surface area contributed by atoms with E-state index in [1.807, 2.05) is 0 Å². The van der Waals surface area contributed by atoms with Crippen LogP contribution in [0.25, 0.3) is 0 Å². The molecule has 1 aromatic carbocycles. The summed E-state index contributed by atoms with van der Waals surface area (Å²) in [6.45, 7) is 2.51. The number of benzene rings is 1. The number of nitrogens with one attached hydrogen (secondary N) is 1. The third kappa shape index (κ3) is 5.37. The average molecular weight is 394 g/mol. The van der Waals surface area contributed by atoms with Crippen molar-refractivity contribution in [1.82, 2.24) is 9.62 Å². The Bertz CT molecular complexity index is 700. The third-order valence-corrected chi connectivity index (χ3v) is 6.31. The Balaban J connectivity index is 0.00000312. The molecule has 0 spiro atoms. The molecule has 0 radical (unpaired) electrons. The number of amides is 1. The standard InChI is InChI=1S/C16H24FN3O3S.ClH/c1-12-5-6-13(17)10-15(12)24(22,23)20-9-3-2-4-14(20)11-19-16(21)7-8-18;/h5-6,10,14H,2-4,7-9,11,18H2,1H3,(H,19,21);1H. The van der Waals surface area contributed by atoms with Gasteiger partial charge in [0.15, 0.2) is 0 Å². The van der Waals surface area contributed by atoms with Gasteiger partial charge in [0.2, 0.25) is 15.9 Å². The van der Waals surface area contributed by atoms with Crippen molar-refractivity contribution in [2.45, 2.75) is 43.5 Å². The van der Waals surface area contributed by atoms with E-state index in [1.54, 1.807) is 6.92 Å². The highest BCUT2D eigenvalue weighted by molar-refractivity contribution is 7.89. The second kappa shape index (κ2) is 9.47. The number of rotatable bonds is 6. The van der Waals surface area contributed by atoms with Crippen molar-refractivity contribution in [3.8, 4) is 0 Å². The molecule has 0 aliphatic carbocycles. The molecule has 25 heavy (non-hydrogen) atoms. The molecule has 1 unspecified atom stereocenters. The summed E-state index contributed by atoms with van der Waals surface area (Å²) < 4.78 is 40.9. The van der Waals surface area contributed by atoms with Crippen LogP contribution < -0.4 is 11.1 Å². The molecule has 9 heteroatoms. The first-order chi connectivity index (χ1) is 11.4. The molecule has 0 bridgehead atoms. The maximum absolute atomic E-state index is 13.5. The highest BCUT2D eigenvalue weighted by Crippen LogP contribution is 2.27. The van der Waals surface area contributed by atoms with Gasteiger partial charge in [-0.25, -0.2) is 12.8 Å². The van der Waals surface area contributed by atoms with E-state index in [0.717, 1.165) is 18.9 Å². The van der Waals surface area contributed by atoms with Gasteiger partial charge in [0, 0.05) is 32.1 Å². The Morgan fingerprint density at radius 1 is 1.40 bits per heavy atom. The van der Waals surface area contributed by atoms with Crippen molar-refractivity contribution in [3.63, 3.8) is 0 Å². The predicted octanol–water partition coefficient (Wildman–Crippen LogP) is 1.56. The Labute approximate surface area is 154 Å². The van der Waals surface area contributed by atoms with Crippen LogP contribution in [0.4, 0.5) is 4.39 Å². The number of aryl methyl sites for hydroxylation is 1. The molecule has 1 amide bonds. The molecule has 1 fully saturated rings. The van der Waals surface area contributed by atoms with Crippen molar-refractivity contribution in [1.29, 1.82) is 0 Å². The normalized spacial score (nSPS) is 18.4. The number of carbonyl (C=O) groups excluding carboxylic acids is 1. The summed E-state index contributed by atoms with van der Waals surface area (Å²) in [7, 11) is -3.81. The van der Waals surface area contributed by atoms with E-state index in [9.17, 15) is 17.6 Å². The zero-order valence-corrected chi connectivity index (χ0v) is 15.8. The van der Waals surface area contributed by atoms with Gasteiger partial charge in [0.25, 0.3) is 0 Å². The van der Waals surface area contributed by atoms with E-state index in [2.05, 4.69) is 5.32 Å². The maximum Gasteiger partial charge on any atom is 0.243 e. The molecular formula is C16H25ClFN3O3S. The van der Waals surface area contributed by atoms with Gasteiger partial charge < -0.3 is 11.1 Å². The largest absolute Gasteiger partial charge is 0.354 e. The molecule has 0 saturated carbocycles. The fourth-order valence-electron chi connectivity index (χ4n) is 2.92. The van der Waals surface area contributed by atoms with Gasteiger partial charge in [-0.1, -0.05) is 12.5 Å². The van der Waals surface area contributed by atoms with Crippen LogP contribution in [0.15, 0.2) is 23.1 Å². The van der Waals surface area contributed by atoms with Crippen molar-refractivity contribution in [2.24, 2.45) is 5.73 Å². The first kappa shape index (κ1) is 21.8. The summed E-state index contributed by atoms with van der Waals surface area (Å²) in [5, 5.41) is 2.73. The first-order valence-electron chi connectivity index (χ1n) is 8.11. The maximum atomic E-state index is 13.5. The summed E-state index contributed by atoms with van der Waals surface area (Å²) in [5.74, 6) is -0.772. The monoisotopic (exact) mass is 393 g/mol. The molecule has 1 aliphatic rings. The van der Waals surface area contributed by atoms with Gasteiger partial charge >= 0.3 is 0 Å². The predicted molar refractivity (Wildman–Crippen MR) is 96.6 cm³/mol. The molecule has 0 aromatic heterocycles. The number of sulfonamides is 1. The summed E-state index contributed by atoms with van der Waals surface area (Å²) in [6.07, 6.45) is 2.52. The summed E-state index contributed by atoms with van der Waals surface area (Å²) in [5.41, 5.74) is 5.85. The van der Waals surface area contributed by atoms with Gasteiger partial charge in [-0.2, -0.15) is 4.31 Å². The van der Waals surface area contributed by atoms with Gasteiger partial charge in [-0.3, -0.25) is 4.79 Å². The lowest BCUT2D eigenvalue weighted by Crippen LogP contribution is -2.49. The fourth-order valence-corrected chi connectivity index (χ4v) is 4.85. The van der Waals surface area contributed by atoms with Crippen LogP contribution in [-0.2, 0) is 14.8 Å². The molecular weight excluding hydrogens is 369 g/mol. The lowest BCUT2D eigenvalue weighted by atomic mass is 10.1. The van der Waals surface area contributed by atoms with E-state index >= 15 is 0 Å². The van der Waals surface area contributed by atoms with Crippen LogP contribution in [0.5, 0.6) is 0 Å². The topological polar surface area (TPSA) is 92.5 Å². The fraction of sp³-hybridized carbons (Fsp3) is 0.562. The quantitative estimate of drug-likeness (QED) is 0.767. The van der Waals surface area contributed by atoms with Gasteiger partial charge in [-0.15, -0.1) is 12.4 Å². The lowest BCUT2D eigenvalue weighted by molar-refractivity contribution is -0.121. The SMILES string of the molecule is Cc1ccc(F)cc1S(=O)(=O)N1CCCCC1CNC(=O)CCN.Cl. The van der Waals surface area contributed by atoms with Crippen LogP contribution >= 0.6 is 12.4 Å². The Kier molecular flexibility index (Phi) is 8.27. The molecule has 1 atom stereocenters. The van der Waals surface area contributed by atoms with E-state index in [1.165, 1.54) is 16.4 Å². The van der Waals surface area contributed by atoms with Crippen LogP contribution in [0.3, 0.4) is 0 Å². The summed E-state index contributed by atoms with van der Waals surface area (Å²) >= 11 is 0.